The van der Waals surface area contributed by atoms with E-state index in [1.807, 2.05) is 0 Å². The van der Waals surface area contributed by atoms with Gasteiger partial charge in [0, 0.05) is 19.2 Å². The Morgan fingerprint density at radius 3 is 2.75 bits per heavy atom. The first-order valence-corrected chi connectivity index (χ1v) is 8.28. The zero-order valence-corrected chi connectivity index (χ0v) is 14.2. The van der Waals surface area contributed by atoms with E-state index in [1.54, 1.807) is 23.1 Å². The number of hydrogen-bond donors (Lipinski definition) is 0. The number of furan rings is 1. The van der Waals surface area contributed by atoms with Gasteiger partial charge in [0.2, 0.25) is 0 Å². The molecule has 1 saturated heterocycles. The van der Waals surface area contributed by atoms with Gasteiger partial charge in [-0.25, -0.2) is 0 Å². The molecule has 0 spiro atoms. The SMILES string of the molecule is O=C(Oc1ccc(Cl)c(Cl)c1)[C@H]1CCCN(C(=O)c2ccoc2)C1. The molecule has 0 N–H and O–H groups in total. The Balaban J connectivity index is 1.64. The van der Waals surface area contributed by atoms with E-state index in [2.05, 4.69) is 0 Å². The van der Waals surface area contributed by atoms with Crippen LogP contribution < -0.4 is 4.74 Å². The van der Waals surface area contributed by atoms with E-state index in [9.17, 15) is 9.59 Å². The number of likely N-dealkylation sites (tertiary alicyclic amines) is 1. The quantitative estimate of drug-likeness (QED) is 0.606. The first-order valence-electron chi connectivity index (χ1n) is 7.53. The van der Waals surface area contributed by atoms with Crippen LogP contribution in [0.1, 0.15) is 23.2 Å². The number of benzene rings is 1. The molecule has 0 saturated carbocycles. The van der Waals surface area contributed by atoms with Crippen LogP contribution in [-0.4, -0.2) is 29.9 Å². The molecular formula is C17H15Cl2NO4. The lowest BCUT2D eigenvalue weighted by molar-refractivity contribution is -0.140. The molecule has 0 bridgehead atoms. The number of piperidine rings is 1. The molecule has 5 nitrogen and oxygen atoms in total. The lowest BCUT2D eigenvalue weighted by Crippen LogP contribution is -2.43. The van der Waals surface area contributed by atoms with E-state index in [4.69, 9.17) is 32.4 Å². The van der Waals surface area contributed by atoms with Crippen molar-refractivity contribution in [1.82, 2.24) is 4.90 Å². The van der Waals surface area contributed by atoms with Crippen LogP contribution in [-0.2, 0) is 4.79 Å². The molecule has 1 atom stereocenters. The largest absolute Gasteiger partial charge is 0.472 e. The molecule has 126 valence electrons. The van der Waals surface area contributed by atoms with Crippen LogP contribution in [0.5, 0.6) is 5.75 Å². The van der Waals surface area contributed by atoms with Crippen LogP contribution in [0.2, 0.25) is 10.0 Å². The Kier molecular flexibility index (Phi) is 5.11. The molecule has 7 heteroatoms. The lowest BCUT2D eigenvalue weighted by Gasteiger charge is -2.31. The summed E-state index contributed by atoms with van der Waals surface area (Å²) in [5.41, 5.74) is 0.480. The van der Waals surface area contributed by atoms with E-state index in [1.165, 1.54) is 18.6 Å². The highest BCUT2D eigenvalue weighted by atomic mass is 35.5. The summed E-state index contributed by atoms with van der Waals surface area (Å²) in [6.45, 7) is 0.935. The smallest absolute Gasteiger partial charge is 0.316 e. The Bertz CT molecular complexity index is 745. The molecular weight excluding hydrogens is 353 g/mol. The van der Waals surface area contributed by atoms with Crippen molar-refractivity contribution in [3.63, 3.8) is 0 Å². The first-order chi connectivity index (χ1) is 11.5. The average Bonchev–Trinajstić information content (AvgIpc) is 3.12. The van der Waals surface area contributed by atoms with Crippen LogP contribution in [0.4, 0.5) is 0 Å². The summed E-state index contributed by atoms with van der Waals surface area (Å²) in [4.78, 5) is 26.4. The maximum Gasteiger partial charge on any atom is 0.316 e. The number of carbonyl (C=O) groups excluding carboxylic acids is 2. The minimum absolute atomic E-state index is 0.143. The van der Waals surface area contributed by atoms with E-state index in [0.717, 1.165) is 6.42 Å². The maximum absolute atomic E-state index is 12.4. The van der Waals surface area contributed by atoms with Crippen molar-refractivity contribution in [1.29, 1.82) is 0 Å². The summed E-state index contributed by atoms with van der Waals surface area (Å²) < 4.78 is 10.3. The van der Waals surface area contributed by atoms with Crippen molar-refractivity contribution < 1.29 is 18.7 Å². The molecule has 2 heterocycles. The maximum atomic E-state index is 12.4. The fourth-order valence-corrected chi connectivity index (χ4v) is 2.95. The van der Waals surface area contributed by atoms with Crippen LogP contribution in [0, 0.1) is 5.92 Å². The Hall–Kier alpha value is -1.98. The van der Waals surface area contributed by atoms with E-state index in [0.29, 0.717) is 40.9 Å². The molecule has 0 radical (unpaired) electrons. The van der Waals surface area contributed by atoms with Gasteiger partial charge in [-0.2, -0.15) is 0 Å². The predicted octanol–water partition coefficient (Wildman–Crippen LogP) is 4.04. The van der Waals surface area contributed by atoms with E-state index < -0.39 is 0 Å². The third kappa shape index (κ3) is 3.74. The number of carbonyl (C=O) groups is 2. The number of ether oxygens (including phenoxy) is 1. The third-order valence-corrected chi connectivity index (χ3v) is 4.66. The van der Waals surface area contributed by atoms with Gasteiger partial charge in [0.25, 0.3) is 5.91 Å². The van der Waals surface area contributed by atoms with E-state index >= 15 is 0 Å². The summed E-state index contributed by atoms with van der Waals surface area (Å²) in [7, 11) is 0. The molecule has 2 aromatic rings. The molecule has 3 rings (SSSR count). The Morgan fingerprint density at radius 2 is 2.04 bits per heavy atom. The number of rotatable bonds is 3. The van der Waals surface area contributed by atoms with Crippen LogP contribution in [0.25, 0.3) is 0 Å². The second kappa shape index (κ2) is 7.28. The molecule has 1 aliphatic rings. The fraction of sp³-hybridized carbons (Fsp3) is 0.294. The Labute approximate surface area is 149 Å². The lowest BCUT2D eigenvalue weighted by atomic mass is 9.97. The van der Waals surface area contributed by atoms with Gasteiger partial charge in [-0.05, 0) is 31.0 Å². The predicted molar refractivity (Wildman–Crippen MR) is 89.4 cm³/mol. The molecule has 1 fully saturated rings. The van der Waals surface area contributed by atoms with Gasteiger partial charge in [0.1, 0.15) is 12.0 Å². The molecule has 1 aromatic carbocycles. The minimum atomic E-state index is -0.377. The highest BCUT2D eigenvalue weighted by Crippen LogP contribution is 2.28. The topological polar surface area (TPSA) is 59.8 Å². The van der Waals surface area contributed by atoms with Gasteiger partial charge in [-0.15, -0.1) is 0 Å². The second-order valence-corrected chi connectivity index (χ2v) is 6.41. The van der Waals surface area contributed by atoms with Crippen molar-refractivity contribution in [3.05, 3.63) is 52.4 Å². The van der Waals surface area contributed by atoms with Crippen molar-refractivity contribution in [2.45, 2.75) is 12.8 Å². The number of esters is 1. The zero-order valence-electron chi connectivity index (χ0n) is 12.7. The summed E-state index contributed by atoms with van der Waals surface area (Å²) in [6, 6.07) is 6.27. The van der Waals surface area contributed by atoms with E-state index in [-0.39, 0.29) is 17.8 Å². The minimum Gasteiger partial charge on any atom is -0.472 e. The van der Waals surface area contributed by atoms with Crippen molar-refractivity contribution in [2.75, 3.05) is 13.1 Å². The molecule has 24 heavy (non-hydrogen) atoms. The number of nitrogens with zero attached hydrogens (tertiary/aromatic N) is 1. The zero-order chi connectivity index (χ0) is 17.1. The van der Waals surface area contributed by atoms with Gasteiger partial charge in [-0.3, -0.25) is 9.59 Å². The summed E-state index contributed by atoms with van der Waals surface area (Å²) in [5, 5.41) is 0.716. The molecule has 1 aromatic heterocycles. The van der Waals surface area contributed by atoms with Gasteiger partial charge < -0.3 is 14.1 Å². The van der Waals surface area contributed by atoms with Crippen LogP contribution in [0.15, 0.2) is 41.2 Å². The number of amides is 1. The highest BCUT2D eigenvalue weighted by Gasteiger charge is 2.30. The molecule has 1 aliphatic heterocycles. The number of halogens is 2. The third-order valence-electron chi connectivity index (χ3n) is 3.92. The standard InChI is InChI=1S/C17H15Cl2NO4/c18-14-4-3-13(8-15(14)19)24-17(22)11-2-1-6-20(9-11)16(21)12-5-7-23-10-12/h3-5,7-8,10-11H,1-2,6,9H2/t11-/m0/s1. The van der Waals surface area contributed by atoms with Crippen molar-refractivity contribution in [2.24, 2.45) is 5.92 Å². The molecule has 0 unspecified atom stereocenters. The fourth-order valence-electron chi connectivity index (χ4n) is 2.66. The van der Waals surface area contributed by atoms with Crippen molar-refractivity contribution >= 4 is 35.1 Å². The Morgan fingerprint density at radius 1 is 1.21 bits per heavy atom. The van der Waals surface area contributed by atoms with Gasteiger partial charge in [-0.1, -0.05) is 23.2 Å². The normalized spacial score (nSPS) is 17.6. The van der Waals surface area contributed by atoms with Crippen molar-refractivity contribution in [3.8, 4) is 5.75 Å². The van der Waals surface area contributed by atoms with Crippen LogP contribution in [0.3, 0.4) is 0 Å². The first kappa shape index (κ1) is 16.9. The summed E-state index contributed by atoms with van der Waals surface area (Å²) >= 11 is 11.8. The van der Waals surface area contributed by atoms with Gasteiger partial charge in [0.15, 0.2) is 0 Å². The summed E-state index contributed by atoms with van der Waals surface area (Å²) in [6.07, 6.45) is 4.27. The second-order valence-electron chi connectivity index (χ2n) is 5.60. The highest BCUT2D eigenvalue weighted by molar-refractivity contribution is 6.42. The molecule has 1 amide bonds. The van der Waals surface area contributed by atoms with Gasteiger partial charge >= 0.3 is 5.97 Å². The molecule has 0 aliphatic carbocycles. The van der Waals surface area contributed by atoms with Gasteiger partial charge in [0.05, 0.1) is 27.8 Å². The number of hydrogen-bond acceptors (Lipinski definition) is 4. The monoisotopic (exact) mass is 367 g/mol. The summed E-state index contributed by atoms with van der Waals surface area (Å²) in [5.74, 6) is -0.550. The average molecular weight is 368 g/mol. The van der Waals surface area contributed by atoms with Crippen LogP contribution >= 0.6 is 23.2 Å².